The van der Waals surface area contributed by atoms with E-state index in [0.29, 0.717) is 22.3 Å². The lowest BCUT2D eigenvalue weighted by Crippen LogP contribution is -2.28. The zero-order chi connectivity index (χ0) is 21.0. The number of ketones is 1. The van der Waals surface area contributed by atoms with Gasteiger partial charge in [-0.15, -0.1) is 0 Å². The van der Waals surface area contributed by atoms with E-state index in [2.05, 4.69) is 0 Å². The first-order valence-electron chi connectivity index (χ1n) is 9.19. The molecule has 0 aliphatic rings. The number of carbonyl (C=O) groups excluding carboxylic acids is 2. The summed E-state index contributed by atoms with van der Waals surface area (Å²) >= 11 is 0. The normalized spacial score (nSPS) is 10.5. The van der Waals surface area contributed by atoms with Gasteiger partial charge in [-0.3, -0.25) is 9.59 Å². The monoisotopic (exact) mass is 391 g/mol. The van der Waals surface area contributed by atoms with Crippen LogP contribution in [0.3, 0.4) is 0 Å². The summed E-state index contributed by atoms with van der Waals surface area (Å²) in [5, 5.41) is 0. The van der Waals surface area contributed by atoms with Crippen molar-refractivity contribution in [2.45, 2.75) is 13.5 Å². The molecule has 4 nitrogen and oxygen atoms in total. The van der Waals surface area contributed by atoms with Gasteiger partial charge in [-0.05, 0) is 30.7 Å². The molecule has 3 aromatic carbocycles. The van der Waals surface area contributed by atoms with Crippen molar-refractivity contribution < 1.29 is 18.7 Å². The topological polar surface area (TPSA) is 46.6 Å². The number of nitrogens with zero attached hydrogens (tertiary/aromatic N) is 1. The highest BCUT2D eigenvalue weighted by Crippen LogP contribution is 2.21. The predicted molar refractivity (Wildman–Crippen MR) is 110 cm³/mol. The Morgan fingerprint density at radius 3 is 2.24 bits per heavy atom. The molecule has 29 heavy (non-hydrogen) atoms. The van der Waals surface area contributed by atoms with Gasteiger partial charge in [0.1, 0.15) is 0 Å². The minimum Gasteiger partial charge on any atom is -0.494 e. The molecule has 0 aromatic heterocycles. The molecule has 0 bridgehead atoms. The SMILES string of the molecule is COc1ccc(CN(C)C(=O)c2ccccc2C(=O)c2ccc(C)cc2)cc1F. The summed E-state index contributed by atoms with van der Waals surface area (Å²) in [6, 6.07) is 18.5. The Balaban J connectivity index is 1.84. The smallest absolute Gasteiger partial charge is 0.254 e. The molecule has 0 heterocycles. The largest absolute Gasteiger partial charge is 0.494 e. The standard InChI is InChI=1S/C24H22FNO3/c1-16-8-11-18(12-9-16)23(27)19-6-4-5-7-20(19)24(28)26(2)15-17-10-13-22(29-3)21(25)14-17/h4-14H,15H2,1-3H3. The van der Waals surface area contributed by atoms with Gasteiger partial charge in [0.15, 0.2) is 17.3 Å². The molecule has 0 unspecified atom stereocenters. The Labute approximate surface area is 169 Å². The molecule has 0 radical (unpaired) electrons. The fourth-order valence-electron chi connectivity index (χ4n) is 3.09. The van der Waals surface area contributed by atoms with Crippen LogP contribution in [0.25, 0.3) is 0 Å². The van der Waals surface area contributed by atoms with Crippen LogP contribution >= 0.6 is 0 Å². The summed E-state index contributed by atoms with van der Waals surface area (Å²) in [7, 11) is 3.02. The van der Waals surface area contributed by atoms with Gasteiger partial charge < -0.3 is 9.64 Å². The summed E-state index contributed by atoms with van der Waals surface area (Å²) in [4.78, 5) is 27.4. The van der Waals surface area contributed by atoms with E-state index in [4.69, 9.17) is 4.74 Å². The van der Waals surface area contributed by atoms with E-state index < -0.39 is 5.82 Å². The van der Waals surface area contributed by atoms with Gasteiger partial charge in [0, 0.05) is 24.7 Å². The Kier molecular flexibility index (Phi) is 6.07. The van der Waals surface area contributed by atoms with E-state index in [1.807, 2.05) is 19.1 Å². The predicted octanol–water partition coefficient (Wildman–Crippen LogP) is 4.65. The van der Waals surface area contributed by atoms with Gasteiger partial charge in [-0.2, -0.15) is 0 Å². The minimum absolute atomic E-state index is 0.150. The van der Waals surface area contributed by atoms with Crippen molar-refractivity contribution in [1.82, 2.24) is 4.90 Å². The molecular weight excluding hydrogens is 369 g/mol. The van der Waals surface area contributed by atoms with Crippen molar-refractivity contribution in [3.63, 3.8) is 0 Å². The summed E-state index contributed by atoms with van der Waals surface area (Å²) in [6.07, 6.45) is 0. The molecule has 0 fully saturated rings. The van der Waals surface area contributed by atoms with Crippen LogP contribution in [0.15, 0.2) is 66.7 Å². The summed E-state index contributed by atoms with van der Waals surface area (Å²) in [5.41, 5.74) is 2.86. The summed E-state index contributed by atoms with van der Waals surface area (Å²) in [5.74, 6) is -0.854. The maximum atomic E-state index is 13.9. The summed E-state index contributed by atoms with van der Waals surface area (Å²) < 4.78 is 18.9. The lowest BCUT2D eigenvalue weighted by molar-refractivity contribution is 0.0780. The second-order valence-corrected chi connectivity index (χ2v) is 6.87. The number of rotatable bonds is 6. The Morgan fingerprint density at radius 1 is 0.966 bits per heavy atom. The van der Waals surface area contributed by atoms with Crippen molar-refractivity contribution in [2.24, 2.45) is 0 Å². The van der Waals surface area contributed by atoms with E-state index in [1.165, 1.54) is 24.1 Å². The highest BCUT2D eigenvalue weighted by Gasteiger charge is 2.21. The van der Waals surface area contributed by atoms with Gasteiger partial charge in [-0.25, -0.2) is 4.39 Å². The van der Waals surface area contributed by atoms with Gasteiger partial charge in [-0.1, -0.05) is 54.1 Å². The molecule has 0 atom stereocenters. The maximum absolute atomic E-state index is 13.9. The third kappa shape index (κ3) is 4.51. The van der Waals surface area contributed by atoms with Crippen molar-refractivity contribution in [3.8, 4) is 5.75 Å². The maximum Gasteiger partial charge on any atom is 0.254 e. The Hall–Kier alpha value is -3.47. The summed E-state index contributed by atoms with van der Waals surface area (Å²) in [6.45, 7) is 2.15. The third-order valence-corrected chi connectivity index (χ3v) is 4.70. The first kappa shape index (κ1) is 20.3. The Morgan fingerprint density at radius 2 is 1.62 bits per heavy atom. The minimum atomic E-state index is -0.485. The van der Waals surface area contributed by atoms with Crippen LogP contribution in [0.2, 0.25) is 0 Å². The van der Waals surface area contributed by atoms with Crippen LogP contribution in [0.5, 0.6) is 5.75 Å². The fraction of sp³-hybridized carbons (Fsp3) is 0.167. The number of hydrogen-bond donors (Lipinski definition) is 0. The van der Waals surface area contributed by atoms with Gasteiger partial charge in [0.2, 0.25) is 0 Å². The number of amides is 1. The van der Waals surface area contributed by atoms with Gasteiger partial charge >= 0.3 is 0 Å². The zero-order valence-electron chi connectivity index (χ0n) is 16.6. The average Bonchev–Trinajstić information content (AvgIpc) is 2.73. The van der Waals surface area contributed by atoms with Crippen molar-refractivity contribution >= 4 is 11.7 Å². The van der Waals surface area contributed by atoms with E-state index in [0.717, 1.165) is 5.56 Å². The van der Waals surface area contributed by atoms with Crippen LogP contribution in [0.4, 0.5) is 4.39 Å². The van der Waals surface area contributed by atoms with E-state index in [-0.39, 0.29) is 24.0 Å². The van der Waals surface area contributed by atoms with E-state index >= 15 is 0 Å². The van der Waals surface area contributed by atoms with Gasteiger partial charge in [0.05, 0.1) is 12.7 Å². The quantitative estimate of drug-likeness (QED) is 0.575. The van der Waals surface area contributed by atoms with Crippen LogP contribution in [-0.2, 0) is 6.54 Å². The highest BCUT2D eigenvalue weighted by atomic mass is 19.1. The second-order valence-electron chi connectivity index (χ2n) is 6.87. The molecule has 3 rings (SSSR count). The zero-order valence-corrected chi connectivity index (χ0v) is 16.6. The number of carbonyl (C=O) groups is 2. The molecule has 0 spiro atoms. The molecule has 5 heteroatoms. The van der Waals surface area contributed by atoms with Crippen LogP contribution in [0.1, 0.15) is 37.4 Å². The molecular formula is C24H22FNO3. The lowest BCUT2D eigenvalue weighted by atomic mass is 9.97. The average molecular weight is 391 g/mol. The number of hydrogen-bond acceptors (Lipinski definition) is 3. The fourth-order valence-corrected chi connectivity index (χ4v) is 3.09. The number of ether oxygens (including phenoxy) is 1. The molecule has 1 amide bonds. The first-order chi connectivity index (χ1) is 13.9. The van der Waals surface area contributed by atoms with Crippen molar-refractivity contribution in [3.05, 3.63) is 100 Å². The van der Waals surface area contributed by atoms with Crippen LogP contribution in [-0.4, -0.2) is 30.7 Å². The van der Waals surface area contributed by atoms with E-state index in [1.54, 1.807) is 49.5 Å². The van der Waals surface area contributed by atoms with Crippen molar-refractivity contribution in [2.75, 3.05) is 14.2 Å². The van der Waals surface area contributed by atoms with E-state index in [9.17, 15) is 14.0 Å². The number of aryl methyl sites for hydroxylation is 1. The lowest BCUT2D eigenvalue weighted by Gasteiger charge is -2.19. The first-order valence-corrected chi connectivity index (χ1v) is 9.19. The van der Waals surface area contributed by atoms with Gasteiger partial charge in [0.25, 0.3) is 5.91 Å². The molecule has 0 aliphatic carbocycles. The van der Waals surface area contributed by atoms with Crippen LogP contribution in [0, 0.1) is 12.7 Å². The molecule has 3 aromatic rings. The molecule has 148 valence electrons. The Bertz CT molecular complexity index is 1040. The second kappa shape index (κ2) is 8.69. The molecule has 0 saturated carbocycles. The molecule has 0 aliphatic heterocycles. The third-order valence-electron chi connectivity index (χ3n) is 4.70. The number of benzene rings is 3. The molecule has 0 saturated heterocycles. The number of halogens is 1. The molecule has 0 N–H and O–H groups in total. The van der Waals surface area contributed by atoms with Crippen LogP contribution < -0.4 is 4.74 Å². The number of methoxy groups -OCH3 is 1. The van der Waals surface area contributed by atoms with Crippen molar-refractivity contribution in [1.29, 1.82) is 0 Å². The highest BCUT2D eigenvalue weighted by molar-refractivity contribution is 6.15.